The minimum Gasteiger partial charge on any atom is -0.497 e. The van der Waals surface area contributed by atoms with E-state index in [1.807, 2.05) is 48.9 Å². The topological polar surface area (TPSA) is 36.3 Å². The van der Waals surface area contributed by atoms with Crippen molar-refractivity contribution in [3.8, 4) is 11.5 Å². The van der Waals surface area contributed by atoms with Crippen LogP contribution in [-0.4, -0.2) is 22.3 Å². The summed E-state index contributed by atoms with van der Waals surface area (Å²) in [5, 5.41) is 0.709. The van der Waals surface area contributed by atoms with Crippen LogP contribution in [0.1, 0.15) is 25.3 Å². The van der Waals surface area contributed by atoms with Crippen molar-refractivity contribution in [1.82, 2.24) is 9.55 Å². The normalized spacial score (nSPS) is 13.1. The Balaban J connectivity index is 1.69. The highest BCUT2D eigenvalue weighted by Crippen LogP contribution is 2.28. The molecule has 3 aromatic rings. The van der Waals surface area contributed by atoms with Crippen molar-refractivity contribution >= 4 is 11.6 Å². The highest BCUT2D eigenvalue weighted by Gasteiger charge is 2.26. The van der Waals surface area contributed by atoms with Gasteiger partial charge in [0.15, 0.2) is 0 Å². The molecule has 0 N–H and O–H groups in total. The summed E-state index contributed by atoms with van der Waals surface area (Å²) in [5.41, 5.74) is 0.960. The molecule has 4 nitrogen and oxygen atoms in total. The fourth-order valence-corrected chi connectivity index (χ4v) is 3.13. The zero-order valence-electron chi connectivity index (χ0n) is 15.8. The lowest BCUT2D eigenvalue weighted by Crippen LogP contribution is -2.34. The van der Waals surface area contributed by atoms with Gasteiger partial charge in [0.25, 0.3) is 0 Å². The number of hydrogen-bond donors (Lipinski definition) is 0. The lowest BCUT2D eigenvalue weighted by molar-refractivity contribution is 0.0652. The SMILES string of the molecule is COc1ccc(CCC(C)(CCn2ccnc2)Oc2ccc(Cl)cc2)cc1. The van der Waals surface area contributed by atoms with Crippen molar-refractivity contribution in [2.45, 2.75) is 38.3 Å². The van der Waals surface area contributed by atoms with E-state index in [9.17, 15) is 0 Å². The maximum atomic E-state index is 6.40. The number of benzene rings is 2. The molecule has 0 bridgehead atoms. The highest BCUT2D eigenvalue weighted by molar-refractivity contribution is 6.30. The van der Waals surface area contributed by atoms with E-state index in [0.29, 0.717) is 5.02 Å². The number of halogens is 1. The molecule has 27 heavy (non-hydrogen) atoms. The van der Waals surface area contributed by atoms with Crippen LogP contribution in [0.4, 0.5) is 0 Å². The van der Waals surface area contributed by atoms with Gasteiger partial charge in [-0.05, 0) is 61.7 Å². The molecule has 1 atom stereocenters. The van der Waals surface area contributed by atoms with Crippen LogP contribution in [0.25, 0.3) is 0 Å². The molecule has 3 rings (SSSR count). The Hall–Kier alpha value is -2.46. The van der Waals surface area contributed by atoms with E-state index in [4.69, 9.17) is 21.1 Å². The van der Waals surface area contributed by atoms with Crippen molar-refractivity contribution in [2.75, 3.05) is 7.11 Å². The molecule has 0 saturated heterocycles. The van der Waals surface area contributed by atoms with E-state index in [1.165, 1.54) is 5.56 Å². The molecular weight excluding hydrogens is 360 g/mol. The molecule has 0 aliphatic carbocycles. The van der Waals surface area contributed by atoms with Crippen molar-refractivity contribution in [1.29, 1.82) is 0 Å². The Morgan fingerprint density at radius 2 is 1.70 bits per heavy atom. The molecule has 0 fully saturated rings. The summed E-state index contributed by atoms with van der Waals surface area (Å²) in [6.07, 6.45) is 8.32. The second kappa shape index (κ2) is 8.96. The number of imidazole rings is 1. The number of hydrogen-bond acceptors (Lipinski definition) is 3. The minimum absolute atomic E-state index is 0.308. The summed E-state index contributed by atoms with van der Waals surface area (Å²) in [4.78, 5) is 4.12. The van der Waals surface area contributed by atoms with Crippen LogP contribution < -0.4 is 9.47 Å². The molecule has 5 heteroatoms. The van der Waals surface area contributed by atoms with Gasteiger partial charge in [-0.2, -0.15) is 0 Å². The second-order valence-electron chi connectivity index (χ2n) is 6.90. The van der Waals surface area contributed by atoms with E-state index in [-0.39, 0.29) is 5.60 Å². The highest BCUT2D eigenvalue weighted by atomic mass is 35.5. The Morgan fingerprint density at radius 3 is 2.33 bits per heavy atom. The third-order valence-corrected chi connectivity index (χ3v) is 4.99. The fourth-order valence-electron chi connectivity index (χ4n) is 3.00. The summed E-state index contributed by atoms with van der Waals surface area (Å²) in [7, 11) is 1.68. The van der Waals surface area contributed by atoms with E-state index in [2.05, 4.69) is 28.6 Å². The molecule has 0 amide bonds. The second-order valence-corrected chi connectivity index (χ2v) is 7.34. The first-order chi connectivity index (χ1) is 13.1. The molecule has 0 saturated carbocycles. The first-order valence-corrected chi connectivity index (χ1v) is 9.47. The van der Waals surface area contributed by atoms with E-state index >= 15 is 0 Å². The zero-order chi connectivity index (χ0) is 19.1. The summed E-state index contributed by atoms with van der Waals surface area (Å²) in [5.74, 6) is 1.71. The predicted octanol–water partition coefficient (Wildman–Crippen LogP) is 5.41. The minimum atomic E-state index is -0.308. The van der Waals surface area contributed by atoms with Crippen molar-refractivity contribution in [3.05, 3.63) is 77.8 Å². The molecule has 1 aromatic heterocycles. The average molecular weight is 385 g/mol. The summed E-state index contributed by atoms with van der Waals surface area (Å²) in [6, 6.07) is 15.8. The number of aryl methyl sites for hydroxylation is 2. The molecule has 0 radical (unpaired) electrons. The predicted molar refractivity (Wildman–Crippen MR) is 109 cm³/mol. The smallest absolute Gasteiger partial charge is 0.120 e. The van der Waals surface area contributed by atoms with Gasteiger partial charge in [-0.1, -0.05) is 23.7 Å². The molecule has 0 aliphatic heterocycles. The van der Waals surface area contributed by atoms with Crippen molar-refractivity contribution in [2.24, 2.45) is 0 Å². The largest absolute Gasteiger partial charge is 0.497 e. The Bertz CT molecular complexity index is 817. The number of aromatic nitrogens is 2. The van der Waals surface area contributed by atoms with Crippen LogP contribution >= 0.6 is 11.6 Å². The van der Waals surface area contributed by atoms with E-state index in [1.54, 1.807) is 13.3 Å². The Morgan fingerprint density at radius 1 is 1.00 bits per heavy atom. The van der Waals surface area contributed by atoms with Gasteiger partial charge in [-0.25, -0.2) is 4.98 Å². The van der Waals surface area contributed by atoms with Crippen molar-refractivity contribution < 1.29 is 9.47 Å². The Kier molecular flexibility index (Phi) is 6.40. The molecule has 2 aromatic carbocycles. The van der Waals surface area contributed by atoms with Gasteiger partial charge < -0.3 is 14.0 Å². The van der Waals surface area contributed by atoms with Crippen LogP contribution in [0.2, 0.25) is 5.02 Å². The number of nitrogens with zero attached hydrogens (tertiary/aromatic N) is 2. The van der Waals surface area contributed by atoms with Gasteiger partial charge in [0.1, 0.15) is 17.1 Å². The third-order valence-electron chi connectivity index (χ3n) is 4.74. The van der Waals surface area contributed by atoms with E-state index in [0.717, 1.165) is 37.3 Å². The summed E-state index contributed by atoms with van der Waals surface area (Å²) >= 11 is 6.00. The molecule has 1 heterocycles. The van der Waals surface area contributed by atoms with Gasteiger partial charge in [-0.15, -0.1) is 0 Å². The van der Waals surface area contributed by atoms with Crippen LogP contribution in [0.5, 0.6) is 11.5 Å². The number of methoxy groups -OCH3 is 1. The summed E-state index contributed by atoms with van der Waals surface area (Å²) in [6.45, 7) is 3.02. The zero-order valence-corrected chi connectivity index (χ0v) is 16.5. The Labute approximate surface area is 165 Å². The van der Waals surface area contributed by atoms with Gasteiger partial charge >= 0.3 is 0 Å². The lowest BCUT2D eigenvalue weighted by Gasteiger charge is -2.31. The van der Waals surface area contributed by atoms with Gasteiger partial charge in [-0.3, -0.25) is 0 Å². The average Bonchev–Trinajstić information content (AvgIpc) is 3.21. The first-order valence-electron chi connectivity index (χ1n) is 9.10. The van der Waals surface area contributed by atoms with Gasteiger partial charge in [0, 0.05) is 30.4 Å². The molecule has 142 valence electrons. The van der Waals surface area contributed by atoms with Crippen LogP contribution in [0, 0.1) is 0 Å². The van der Waals surface area contributed by atoms with E-state index < -0.39 is 0 Å². The fraction of sp³-hybridized carbons (Fsp3) is 0.318. The molecule has 0 aliphatic rings. The number of ether oxygens (including phenoxy) is 2. The van der Waals surface area contributed by atoms with Crippen LogP contribution in [0.3, 0.4) is 0 Å². The molecule has 0 spiro atoms. The maximum Gasteiger partial charge on any atom is 0.120 e. The molecular formula is C22H25ClN2O2. The first kappa shape index (κ1) is 19.3. The maximum absolute atomic E-state index is 6.40. The lowest BCUT2D eigenvalue weighted by atomic mass is 9.93. The quantitative estimate of drug-likeness (QED) is 0.495. The standard InChI is InChI=1S/C22H25ClN2O2/c1-22(13-15-25-16-14-24-17-25,27-21-9-5-19(23)6-10-21)12-11-18-3-7-20(26-2)8-4-18/h3-10,14,16-17H,11-13,15H2,1-2H3. The monoisotopic (exact) mass is 384 g/mol. The van der Waals surface area contributed by atoms with Gasteiger partial charge in [0.2, 0.25) is 0 Å². The third kappa shape index (κ3) is 5.76. The number of rotatable bonds is 9. The van der Waals surface area contributed by atoms with Gasteiger partial charge in [0.05, 0.1) is 13.4 Å². The van der Waals surface area contributed by atoms with Crippen LogP contribution in [-0.2, 0) is 13.0 Å². The molecule has 1 unspecified atom stereocenters. The van der Waals surface area contributed by atoms with Crippen molar-refractivity contribution in [3.63, 3.8) is 0 Å². The summed E-state index contributed by atoms with van der Waals surface area (Å²) < 4.78 is 13.7. The van der Waals surface area contributed by atoms with Crippen LogP contribution in [0.15, 0.2) is 67.3 Å².